The molecule has 4 heteroatoms. The standard InChI is InChI=1S/C12H15NO2S/c14-16(15)8-4-7-12(10-16)13-9-11-5-2-1-3-6-11/h1-3,5-6,10,13H,4,7-9H2. The SMILES string of the molecule is O=S1(=O)C=C(NCc2ccccc2)CCC1. The van der Waals surface area contributed by atoms with Crippen LogP contribution in [-0.2, 0) is 16.4 Å². The van der Waals surface area contributed by atoms with Gasteiger partial charge < -0.3 is 5.32 Å². The van der Waals surface area contributed by atoms with Crippen molar-refractivity contribution in [2.75, 3.05) is 5.75 Å². The van der Waals surface area contributed by atoms with Gasteiger partial charge in [-0.3, -0.25) is 0 Å². The zero-order chi connectivity index (χ0) is 11.4. The van der Waals surface area contributed by atoms with Crippen molar-refractivity contribution < 1.29 is 8.42 Å². The molecular weight excluding hydrogens is 222 g/mol. The van der Waals surface area contributed by atoms with Crippen LogP contribution in [-0.4, -0.2) is 14.2 Å². The van der Waals surface area contributed by atoms with Crippen molar-refractivity contribution in [2.24, 2.45) is 0 Å². The third kappa shape index (κ3) is 3.10. The van der Waals surface area contributed by atoms with E-state index in [1.807, 2.05) is 30.3 Å². The number of hydrogen-bond acceptors (Lipinski definition) is 3. The number of benzene rings is 1. The van der Waals surface area contributed by atoms with Gasteiger partial charge in [0, 0.05) is 17.6 Å². The summed E-state index contributed by atoms with van der Waals surface area (Å²) < 4.78 is 22.7. The lowest BCUT2D eigenvalue weighted by atomic mass is 10.2. The minimum absolute atomic E-state index is 0.281. The van der Waals surface area contributed by atoms with E-state index in [0.29, 0.717) is 6.54 Å². The number of sulfone groups is 1. The van der Waals surface area contributed by atoms with E-state index in [0.717, 1.165) is 24.1 Å². The fourth-order valence-electron chi connectivity index (χ4n) is 1.74. The van der Waals surface area contributed by atoms with Crippen molar-refractivity contribution in [1.29, 1.82) is 0 Å². The van der Waals surface area contributed by atoms with Crippen molar-refractivity contribution in [3.8, 4) is 0 Å². The summed E-state index contributed by atoms with van der Waals surface area (Å²) in [7, 11) is -2.96. The highest BCUT2D eigenvalue weighted by Gasteiger charge is 2.15. The molecule has 1 aromatic carbocycles. The molecule has 0 amide bonds. The van der Waals surface area contributed by atoms with Crippen LogP contribution in [0.15, 0.2) is 41.4 Å². The van der Waals surface area contributed by atoms with Gasteiger partial charge in [0.1, 0.15) is 0 Å². The number of hydrogen-bond donors (Lipinski definition) is 1. The van der Waals surface area contributed by atoms with Gasteiger partial charge in [0.05, 0.1) is 5.75 Å². The van der Waals surface area contributed by atoms with E-state index in [1.54, 1.807) is 0 Å². The first-order chi connectivity index (χ1) is 7.66. The fraction of sp³-hybridized carbons (Fsp3) is 0.333. The molecule has 1 aliphatic heterocycles. The molecule has 1 aliphatic rings. The van der Waals surface area contributed by atoms with Gasteiger partial charge in [-0.15, -0.1) is 0 Å². The summed E-state index contributed by atoms with van der Waals surface area (Å²) in [6, 6.07) is 9.95. The molecule has 0 unspecified atom stereocenters. The van der Waals surface area contributed by atoms with Gasteiger partial charge in [-0.25, -0.2) is 8.42 Å². The smallest absolute Gasteiger partial charge is 0.173 e. The summed E-state index contributed by atoms with van der Waals surface area (Å²) in [5.41, 5.74) is 1.99. The van der Waals surface area contributed by atoms with Gasteiger partial charge in [-0.1, -0.05) is 30.3 Å². The predicted octanol–water partition coefficient (Wildman–Crippen LogP) is 1.83. The molecule has 0 aliphatic carbocycles. The molecule has 1 N–H and O–H groups in total. The topological polar surface area (TPSA) is 46.2 Å². The monoisotopic (exact) mass is 237 g/mol. The van der Waals surface area contributed by atoms with Crippen molar-refractivity contribution >= 4 is 9.84 Å². The van der Waals surface area contributed by atoms with Crippen LogP contribution < -0.4 is 5.32 Å². The molecule has 0 radical (unpaired) electrons. The lowest BCUT2D eigenvalue weighted by Crippen LogP contribution is -2.19. The summed E-state index contributed by atoms with van der Waals surface area (Å²) in [6.45, 7) is 0.683. The average molecular weight is 237 g/mol. The van der Waals surface area contributed by atoms with E-state index < -0.39 is 9.84 Å². The summed E-state index contributed by atoms with van der Waals surface area (Å²) in [5, 5.41) is 4.55. The van der Waals surface area contributed by atoms with Crippen LogP contribution in [0, 0.1) is 0 Å². The van der Waals surface area contributed by atoms with Crippen molar-refractivity contribution in [2.45, 2.75) is 19.4 Å². The maximum Gasteiger partial charge on any atom is 0.173 e. The Morgan fingerprint density at radius 3 is 2.62 bits per heavy atom. The Labute approximate surface area is 96.1 Å². The molecule has 2 rings (SSSR count). The molecular formula is C12H15NO2S. The number of rotatable bonds is 3. The zero-order valence-corrected chi connectivity index (χ0v) is 9.83. The maximum atomic E-state index is 11.4. The fourth-order valence-corrected chi connectivity index (χ4v) is 3.04. The first-order valence-corrected chi connectivity index (χ1v) is 7.08. The Morgan fingerprint density at radius 2 is 1.94 bits per heavy atom. The Morgan fingerprint density at radius 1 is 1.19 bits per heavy atom. The molecule has 16 heavy (non-hydrogen) atoms. The van der Waals surface area contributed by atoms with Gasteiger partial charge in [-0.05, 0) is 18.4 Å². The molecule has 0 spiro atoms. The van der Waals surface area contributed by atoms with E-state index in [1.165, 1.54) is 5.41 Å². The van der Waals surface area contributed by atoms with Gasteiger partial charge in [0.2, 0.25) is 0 Å². The van der Waals surface area contributed by atoms with Gasteiger partial charge in [0.15, 0.2) is 9.84 Å². The Hall–Kier alpha value is -1.29. The highest BCUT2D eigenvalue weighted by Crippen LogP contribution is 2.14. The Bertz CT molecular complexity index is 477. The molecule has 86 valence electrons. The van der Waals surface area contributed by atoms with Gasteiger partial charge >= 0.3 is 0 Å². The van der Waals surface area contributed by atoms with Gasteiger partial charge in [0.25, 0.3) is 0 Å². The molecule has 0 fully saturated rings. The molecule has 1 heterocycles. The van der Waals surface area contributed by atoms with E-state index in [4.69, 9.17) is 0 Å². The summed E-state index contributed by atoms with van der Waals surface area (Å²) in [5.74, 6) is 0.281. The van der Waals surface area contributed by atoms with E-state index in [-0.39, 0.29) is 5.75 Å². The Balaban J connectivity index is 1.99. The third-order valence-electron chi connectivity index (χ3n) is 2.56. The molecule has 1 aromatic rings. The first-order valence-electron chi connectivity index (χ1n) is 5.37. The Kier molecular flexibility index (Phi) is 3.29. The van der Waals surface area contributed by atoms with Crippen LogP contribution in [0.5, 0.6) is 0 Å². The average Bonchev–Trinajstić information content (AvgIpc) is 2.27. The minimum atomic E-state index is -2.96. The second-order valence-electron chi connectivity index (χ2n) is 3.95. The second-order valence-corrected chi connectivity index (χ2v) is 5.92. The van der Waals surface area contributed by atoms with E-state index in [2.05, 4.69) is 5.32 Å². The highest BCUT2D eigenvalue weighted by molar-refractivity contribution is 7.94. The molecule has 0 bridgehead atoms. The summed E-state index contributed by atoms with van der Waals surface area (Å²) in [4.78, 5) is 0. The highest BCUT2D eigenvalue weighted by atomic mass is 32.2. The zero-order valence-electron chi connectivity index (χ0n) is 9.02. The van der Waals surface area contributed by atoms with E-state index >= 15 is 0 Å². The second kappa shape index (κ2) is 4.70. The maximum absolute atomic E-state index is 11.4. The van der Waals surface area contributed by atoms with Gasteiger partial charge in [-0.2, -0.15) is 0 Å². The quantitative estimate of drug-likeness (QED) is 0.872. The van der Waals surface area contributed by atoms with Crippen molar-refractivity contribution in [1.82, 2.24) is 5.32 Å². The minimum Gasteiger partial charge on any atom is -0.384 e. The third-order valence-corrected chi connectivity index (χ3v) is 4.06. The molecule has 3 nitrogen and oxygen atoms in total. The van der Waals surface area contributed by atoms with Crippen molar-refractivity contribution in [3.63, 3.8) is 0 Å². The van der Waals surface area contributed by atoms with Crippen molar-refractivity contribution in [3.05, 3.63) is 47.0 Å². The van der Waals surface area contributed by atoms with Crippen LogP contribution in [0.2, 0.25) is 0 Å². The van der Waals surface area contributed by atoms with Crippen LogP contribution in [0.25, 0.3) is 0 Å². The molecule has 0 atom stereocenters. The number of allylic oxidation sites excluding steroid dienone is 1. The van der Waals surface area contributed by atoms with Crippen LogP contribution in [0.4, 0.5) is 0 Å². The lowest BCUT2D eigenvalue weighted by Gasteiger charge is -2.15. The lowest BCUT2D eigenvalue weighted by molar-refractivity contribution is 0.594. The molecule has 0 saturated heterocycles. The largest absolute Gasteiger partial charge is 0.384 e. The normalized spacial score (nSPS) is 18.9. The predicted molar refractivity (Wildman–Crippen MR) is 64.4 cm³/mol. The van der Waals surface area contributed by atoms with Crippen LogP contribution >= 0.6 is 0 Å². The number of nitrogens with one attached hydrogen (secondary N) is 1. The van der Waals surface area contributed by atoms with E-state index in [9.17, 15) is 8.42 Å². The van der Waals surface area contributed by atoms with Crippen LogP contribution in [0.1, 0.15) is 18.4 Å². The summed E-state index contributed by atoms with van der Waals surface area (Å²) >= 11 is 0. The van der Waals surface area contributed by atoms with Crippen LogP contribution in [0.3, 0.4) is 0 Å². The molecule has 0 saturated carbocycles. The first kappa shape index (κ1) is 11.2. The molecule has 0 aromatic heterocycles. The summed E-state index contributed by atoms with van der Waals surface area (Å²) in [6.07, 6.45) is 1.54.